The van der Waals surface area contributed by atoms with Gasteiger partial charge in [0, 0.05) is 31.0 Å². The molecule has 1 heterocycles. The topological polar surface area (TPSA) is 61.4 Å². The minimum atomic E-state index is -0.287. The van der Waals surface area contributed by atoms with Crippen molar-refractivity contribution < 1.29 is 9.59 Å². The van der Waals surface area contributed by atoms with Gasteiger partial charge in [-0.3, -0.25) is 9.59 Å². The van der Waals surface area contributed by atoms with Crippen LogP contribution in [0, 0.1) is 5.92 Å². The van der Waals surface area contributed by atoms with Crippen LogP contribution in [0.25, 0.3) is 0 Å². The SMILES string of the molecule is CC1CCN(c2ccc(NC(=O)CC(=O)NCCCc3ccccc3)cc2)CC1. The number of nitrogens with zero attached hydrogens (tertiary/aromatic N) is 1. The first-order chi connectivity index (χ1) is 14.1. The number of hydrogen-bond donors (Lipinski definition) is 2. The van der Waals surface area contributed by atoms with Gasteiger partial charge in [-0.25, -0.2) is 0 Å². The monoisotopic (exact) mass is 393 g/mol. The predicted molar refractivity (Wildman–Crippen MR) is 118 cm³/mol. The van der Waals surface area contributed by atoms with Crippen molar-refractivity contribution in [2.75, 3.05) is 29.9 Å². The Morgan fingerprint density at radius 3 is 2.34 bits per heavy atom. The summed E-state index contributed by atoms with van der Waals surface area (Å²) < 4.78 is 0. The number of rotatable bonds is 8. The Morgan fingerprint density at radius 2 is 1.66 bits per heavy atom. The fourth-order valence-electron chi connectivity index (χ4n) is 3.60. The van der Waals surface area contributed by atoms with Crippen molar-refractivity contribution in [2.45, 2.75) is 39.0 Å². The molecule has 2 aromatic carbocycles. The van der Waals surface area contributed by atoms with Crippen LogP contribution in [-0.2, 0) is 16.0 Å². The minimum absolute atomic E-state index is 0.156. The number of hydrogen-bond acceptors (Lipinski definition) is 3. The van der Waals surface area contributed by atoms with E-state index in [1.165, 1.54) is 24.1 Å². The van der Waals surface area contributed by atoms with Gasteiger partial charge in [-0.2, -0.15) is 0 Å². The predicted octanol–water partition coefficient (Wildman–Crippen LogP) is 4.00. The molecule has 29 heavy (non-hydrogen) atoms. The van der Waals surface area contributed by atoms with Gasteiger partial charge in [-0.1, -0.05) is 37.3 Å². The Labute approximate surface area is 173 Å². The fourth-order valence-corrected chi connectivity index (χ4v) is 3.60. The Morgan fingerprint density at radius 1 is 0.966 bits per heavy atom. The molecule has 1 saturated heterocycles. The number of amides is 2. The quantitative estimate of drug-likeness (QED) is 0.526. The largest absolute Gasteiger partial charge is 0.372 e. The molecule has 0 aromatic heterocycles. The molecular weight excluding hydrogens is 362 g/mol. The number of carbonyl (C=O) groups excluding carboxylic acids is 2. The second-order valence-electron chi connectivity index (χ2n) is 7.88. The third-order valence-electron chi connectivity index (χ3n) is 5.43. The molecule has 1 aliphatic rings. The summed E-state index contributed by atoms with van der Waals surface area (Å²) in [6, 6.07) is 18.1. The molecule has 0 saturated carbocycles. The summed E-state index contributed by atoms with van der Waals surface area (Å²) in [6.45, 7) is 5.04. The van der Waals surface area contributed by atoms with Crippen molar-refractivity contribution in [1.29, 1.82) is 0 Å². The Bertz CT molecular complexity index is 782. The molecular formula is C24H31N3O2. The summed E-state index contributed by atoms with van der Waals surface area (Å²) in [5.41, 5.74) is 3.16. The lowest BCUT2D eigenvalue weighted by Crippen LogP contribution is -2.32. The van der Waals surface area contributed by atoms with Crippen molar-refractivity contribution >= 4 is 23.2 Å². The maximum Gasteiger partial charge on any atom is 0.233 e. The molecule has 0 unspecified atom stereocenters. The van der Waals surface area contributed by atoms with E-state index in [9.17, 15) is 9.59 Å². The van der Waals surface area contributed by atoms with Crippen LogP contribution < -0.4 is 15.5 Å². The van der Waals surface area contributed by atoms with Crippen LogP contribution in [0.3, 0.4) is 0 Å². The molecule has 5 heteroatoms. The van der Waals surface area contributed by atoms with E-state index >= 15 is 0 Å². The summed E-state index contributed by atoms with van der Waals surface area (Å²) in [6.07, 6.45) is 4.05. The fraction of sp³-hybridized carbons (Fsp3) is 0.417. The smallest absolute Gasteiger partial charge is 0.233 e. The van der Waals surface area contributed by atoms with Crippen molar-refractivity contribution in [3.05, 3.63) is 60.2 Å². The van der Waals surface area contributed by atoms with Crippen LogP contribution in [0.4, 0.5) is 11.4 Å². The van der Waals surface area contributed by atoms with E-state index in [1.807, 2.05) is 42.5 Å². The molecule has 2 N–H and O–H groups in total. The molecule has 2 amide bonds. The normalized spacial score (nSPS) is 14.4. The molecule has 5 nitrogen and oxygen atoms in total. The number of aryl methyl sites for hydroxylation is 1. The minimum Gasteiger partial charge on any atom is -0.372 e. The van der Waals surface area contributed by atoms with Gasteiger partial charge in [-0.05, 0) is 61.4 Å². The van der Waals surface area contributed by atoms with E-state index in [0.29, 0.717) is 6.54 Å². The molecule has 0 atom stereocenters. The molecule has 0 aliphatic carbocycles. The van der Waals surface area contributed by atoms with E-state index in [2.05, 4.69) is 34.6 Å². The van der Waals surface area contributed by atoms with Crippen LogP contribution in [0.1, 0.15) is 38.2 Å². The average Bonchev–Trinajstić information content (AvgIpc) is 2.73. The lowest BCUT2D eigenvalue weighted by atomic mass is 9.99. The second kappa shape index (κ2) is 10.6. The van der Waals surface area contributed by atoms with Crippen molar-refractivity contribution in [2.24, 2.45) is 5.92 Å². The number of nitrogens with one attached hydrogen (secondary N) is 2. The maximum absolute atomic E-state index is 12.1. The number of piperidine rings is 1. The number of anilines is 2. The van der Waals surface area contributed by atoms with Crippen LogP contribution >= 0.6 is 0 Å². The maximum atomic E-state index is 12.1. The van der Waals surface area contributed by atoms with Gasteiger partial charge in [0.1, 0.15) is 6.42 Å². The highest BCUT2D eigenvalue weighted by Gasteiger charge is 2.16. The van der Waals surface area contributed by atoms with Crippen molar-refractivity contribution in [3.8, 4) is 0 Å². The molecule has 1 aliphatic heterocycles. The van der Waals surface area contributed by atoms with Gasteiger partial charge in [0.2, 0.25) is 11.8 Å². The van der Waals surface area contributed by atoms with Gasteiger partial charge >= 0.3 is 0 Å². The highest BCUT2D eigenvalue weighted by molar-refractivity contribution is 6.03. The first-order valence-electron chi connectivity index (χ1n) is 10.6. The molecule has 0 bridgehead atoms. The highest BCUT2D eigenvalue weighted by Crippen LogP contribution is 2.24. The zero-order chi connectivity index (χ0) is 20.5. The van der Waals surface area contributed by atoms with Crippen LogP contribution in [0.2, 0.25) is 0 Å². The Kier molecular flexibility index (Phi) is 7.68. The van der Waals surface area contributed by atoms with Crippen LogP contribution in [0.5, 0.6) is 0 Å². The highest BCUT2D eigenvalue weighted by atomic mass is 16.2. The van der Waals surface area contributed by atoms with E-state index in [4.69, 9.17) is 0 Å². The standard InChI is InChI=1S/C24H31N3O2/c1-19-13-16-27(17-14-19)22-11-9-21(10-12-22)26-24(29)18-23(28)25-15-5-8-20-6-3-2-4-7-20/h2-4,6-7,9-12,19H,5,8,13-18H2,1H3,(H,25,28)(H,26,29). The summed E-state index contributed by atoms with van der Waals surface area (Å²) >= 11 is 0. The number of benzene rings is 2. The second-order valence-corrected chi connectivity index (χ2v) is 7.88. The lowest BCUT2D eigenvalue weighted by molar-refractivity contribution is -0.126. The lowest BCUT2D eigenvalue weighted by Gasteiger charge is -2.32. The van der Waals surface area contributed by atoms with E-state index < -0.39 is 0 Å². The third-order valence-corrected chi connectivity index (χ3v) is 5.43. The zero-order valence-corrected chi connectivity index (χ0v) is 17.2. The summed E-state index contributed by atoms with van der Waals surface area (Å²) in [4.78, 5) is 26.5. The van der Waals surface area contributed by atoms with Gasteiger partial charge in [0.05, 0.1) is 0 Å². The van der Waals surface area contributed by atoms with Gasteiger partial charge in [0.15, 0.2) is 0 Å². The van der Waals surface area contributed by atoms with Gasteiger partial charge in [-0.15, -0.1) is 0 Å². The van der Waals surface area contributed by atoms with Gasteiger partial charge < -0.3 is 15.5 Å². The molecule has 3 rings (SSSR count). The zero-order valence-electron chi connectivity index (χ0n) is 17.2. The molecule has 0 radical (unpaired) electrons. The Hall–Kier alpha value is -2.82. The van der Waals surface area contributed by atoms with E-state index in [1.54, 1.807) is 0 Å². The summed E-state index contributed by atoms with van der Waals surface area (Å²) in [7, 11) is 0. The summed E-state index contributed by atoms with van der Waals surface area (Å²) in [5.74, 6) is 0.272. The molecule has 0 spiro atoms. The third kappa shape index (κ3) is 6.93. The molecule has 154 valence electrons. The first-order valence-corrected chi connectivity index (χ1v) is 10.6. The molecule has 1 fully saturated rings. The van der Waals surface area contributed by atoms with Crippen molar-refractivity contribution in [3.63, 3.8) is 0 Å². The van der Waals surface area contributed by atoms with Crippen molar-refractivity contribution in [1.82, 2.24) is 5.32 Å². The number of carbonyl (C=O) groups is 2. The van der Waals surface area contributed by atoms with E-state index in [0.717, 1.165) is 37.5 Å². The first kappa shape index (κ1) is 20.9. The Balaban J connectivity index is 1.35. The van der Waals surface area contributed by atoms with Gasteiger partial charge in [0.25, 0.3) is 0 Å². The molecule has 2 aromatic rings. The van der Waals surface area contributed by atoms with Crippen LogP contribution in [-0.4, -0.2) is 31.4 Å². The van der Waals surface area contributed by atoms with E-state index in [-0.39, 0.29) is 18.2 Å². The summed E-state index contributed by atoms with van der Waals surface area (Å²) in [5, 5.41) is 5.63. The van der Waals surface area contributed by atoms with Crippen LogP contribution in [0.15, 0.2) is 54.6 Å². The average molecular weight is 394 g/mol.